The molecule has 2 N–H and O–H groups in total. The fraction of sp³-hybridized carbons (Fsp3) is 0.344. The molecule has 212 valence electrons. The van der Waals surface area contributed by atoms with Crippen LogP contribution in [0.2, 0.25) is 5.02 Å². The summed E-state index contributed by atoms with van der Waals surface area (Å²) >= 11 is 6.14. The number of rotatable bonds is 9. The Morgan fingerprint density at radius 3 is 2.51 bits per heavy atom. The topological polar surface area (TPSA) is 78.3 Å². The second-order valence-corrected chi connectivity index (χ2v) is 11.3. The number of halogens is 1. The Hall–Kier alpha value is -3.72. The lowest BCUT2D eigenvalue weighted by Crippen LogP contribution is -2.56. The molecule has 3 heterocycles. The minimum absolute atomic E-state index is 0.159. The summed E-state index contributed by atoms with van der Waals surface area (Å²) in [6.07, 6.45) is 4.88. The van der Waals surface area contributed by atoms with Gasteiger partial charge in [-0.1, -0.05) is 66.2 Å². The Balaban J connectivity index is 1.11. The summed E-state index contributed by atoms with van der Waals surface area (Å²) < 4.78 is 1.84. The van der Waals surface area contributed by atoms with Crippen LogP contribution >= 0.6 is 11.6 Å². The van der Waals surface area contributed by atoms with Gasteiger partial charge >= 0.3 is 0 Å². The highest BCUT2D eigenvalue weighted by molar-refractivity contribution is 6.30. The molecule has 1 fully saturated rings. The Morgan fingerprint density at radius 1 is 0.976 bits per heavy atom. The molecule has 3 aromatic carbocycles. The van der Waals surface area contributed by atoms with Crippen LogP contribution in [-0.2, 0) is 30.7 Å². The van der Waals surface area contributed by atoms with Crippen LogP contribution in [0.5, 0.6) is 0 Å². The van der Waals surface area contributed by atoms with Crippen LogP contribution in [-0.4, -0.2) is 70.4 Å². The number of aromatic nitrogens is 3. The van der Waals surface area contributed by atoms with Crippen LogP contribution in [0, 0.1) is 0 Å². The summed E-state index contributed by atoms with van der Waals surface area (Å²) in [4.78, 5) is 22.4. The van der Waals surface area contributed by atoms with Crippen molar-refractivity contribution in [2.24, 2.45) is 0 Å². The van der Waals surface area contributed by atoms with E-state index in [0.29, 0.717) is 31.1 Å². The number of hydrogen-bond donors (Lipinski definition) is 2. The maximum Gasteiger partial charge on any atom is 0.240 e. The Bertz CT molecular complexity index is 1430. The van der Waals surface area contributed by atoms with Crippen LogP contribution in [0.4, 0.5) is 5.69 Å². The van der Waals surface area contributed by atoms with Crippen molar-refractivity contribution in [2.45, 2.75) is 38.0 Å². The number of nitrogens with one attached hydrogen (secondary N) is 2. The summed E-state index contributed by atoms with van der Waals surface area (Å²) in [5, 5.41) is 12.3. The number of nitrogens with zero attached hydrogens (tertiary/aromatic N) is 5. The highest BCUT2D eigenvalue weighted by atomic mass is 35.5. The van der Waals surface area contributed by atoms with E-state index >= 15 is 0 Å². The quantitative estimate of drug-likeness (QED) is 0.321. The summed E-state index contributed by atoms with van der Waals surface area (Å²) in [6.45, 7) is 5.20. The molecule has 1 aromatic heterocycles. The lowest BCUT2D eigenvalue weighted by Gasteiger charge is -2.38. The maximum atomic E-state index is 13.9. The fourth-order valence-electron chi connectivity index (χ4n) is 5.88. The SMILES string of the molecule is O=C(C(Cc1ccc(Cl)cc1)NCC1Cc2ccccc2CN1)N1CCN(c2ccccc2Cn2cncn2)CC1. The van der Waals surface area contributed by atoms with Crippen molar-refractivity contribution in [3.8, 4) is 0 Å². The van der Waals surface area contributed by atoms with Crippen LogP contribution < -0.4 is 15.5 Å². The van der Waals surface area contributed by atoms with Gasteiger partial charge in [-0.2, -0.15) is 5.10 Å². The minimum atomic E-state index is -0.304. The number of hydrogen-bond acceptors (Lipinski definition) is 6. The molecule has 2 unspecified atom stereocenters. The van der Waals surface area contributed by atoms with Gasteiger partial charge in [0.15, 0.2) is 0 Å². The van der Waals surface area contributed by atoms with E-state index in [4.69, 9.17) is 11.6 Å². The average Bonchev–Trinajstić information content (AvgIpc) is 3.53. The predicted molar refractivity (Wildman–Crippen MR) is 162 cm³/mol. The number of amides is 1. The first-order valence-corrected chi connectivity index (χ1v) is 14.7. The van der Waals surface area contributed by atoms with E-state index in [1.165, 1.54) is 22.4 Å². The minimum Gasteiger partial charge on any atom is -0.368 e. The number of carbonyl (C=O) groups is 1. The molecule has 0 bridgehead atoms. The molecule has 2 atom stereocenters. The summed E-state index contributed by atoms with van der Waals surface area (Å²) in [7, 11) is 0. The summed E-state index contributed by atoms with van der Waals surface area (Å²) in [5.41, 5.74) is 6.23. The molecule has 2 aliphatic rings. The van der Waals surface area contributed by atoms with Crippen LogP contribution in [0.3, 0.4) is 0 Å². The molecule has 0 spiro atoms. The van der Waals surface area contributed by atoms with Crippen LogP contribution in [0.1, 0.15) is 22.3 Å². The Kier molecular flexibility index (Phi) is 8.60. The standard InChI is InChI=1S/C32H36ClN7O/c33-28-11-9-24(10-12-28)17-30(36-20-29-18-25-5-1-2-6-26(25)19-35-29)32(41)39-15-13-38(14-16-39)31-8-4-3-7-27(31)21-40-23-34-22-37-40/h1-12,22-23,29-30,35-36H,13-21H2. The fourth-order valence-corrected chi connectivity index (χ4v) is 6.01. The van der Waals surface area contributed by atoms with E-state index in [0.717, 1.165) is 38.2 Å². The largest absolute Gasteiger partial charge is 0.368 e. The first-order valence-electron chi connectivity index (χ1n) is 14.3. The second kappa shape index (κ2) is 12.9. The molecular weight excluding hydrogens is 534 g/mol. The van der Waals surface area contributed by atoms with Gasteiger partial charge in [-0.3, -0.25) is 4.79 Å². The molecule has 9 heteroatoms. The van der Waals surface area contributed by atoms with Crippen molar-refractivity contribution in [1.82, 2.24) is 30.3 Å². The van der Waals surface area contributed by atoms with Crippen molar-refractivity contribution in [2.75, 3.05) is 37.6 Å². The molecule has 0 radical (unpaired) electrons. The van der Waals surface area contributed by atoms with Gasteiger partial charge < -0.3 is 20.4 Å². The Morgan fingerprint density at radius 2 is 1.73 bits per heavy atom. The van der Waals surface area contributed by atoms with Crippen molar-refractivity contribution in [3.05, 3.63) is 113 Å². The number of benzene rings is 3. The zero-order valence-corrected chi connectivity index (χ0v) is 23.9. The van der Waals surface area contributed by atoms with E-state index in [1.54, 1.807) is 12.7 Å². The van der Waals surface area contributed by atoms with Gasteiger partial charge in [0, 0.05) is 56.0 Å². The molecule has 41 heavy (non-hydrogen) atoms. The average molecular weight is 570 g/mol. The third-order valence-electron chi connectivity index (χ3n) is 8.15. The van der Waals surface area contributed by atoms with Crippen molar-refractivity contribution < 1.29 is 4.79 Å². The van der Waals surface area contributed by atoms with Crippen LogP contribution in [0.25, 0.3) is 0 Å². The number of anilines is 1. The number of piperazine rings is 1. The Labute approximate surface area is 246 Å². The van der Waals surface area contributed by atoms with Gasteiger partial charge in [0.05, 0.1) is 12.6 Å². The molecule has 2 aliphatic heterocycles. The van der Waals surface area contributed by atoms with Gasteiger partial charge in [-0.15, -0.1) is 0 Å². The third-order valence-corrected chi connectivity index (χ3v) is 8.40. The van der Waals surface area contributed by atoms with E-state index in [-0.39, 0.29) is 18.0 Å². The maximum absolute atomic E-state index is 13.9. The van der Waals surface area contributed by atoms with E-state index in [2.05, 4.69) is 74.1 Å². The lowest BCUT2D eigenvalue weighted by molar-refractivity contribution is -0.133. The second-order valence-electron chi connectivity index (χ2n) is 10.9. The predicted octanol–water partition coefficient (Wildman–Crippen LogP) is 3.54. The molecule has 4 aromatic rings. The molecule has 0 aliphatic carbocycles. The number of para-hydroxylation sites is 1. The summed E-state index contributed by atoms with van der Waals surface area (Å²) in [5.74, 6) is 0.159. The first-order chi connectivity index (χ1) is 20.1. The van der Waals surface area contributed by atoms with Gasteiger partial charge in [-0.25, -0.2) is 9.67 Å². The van der Waals surface area contributed by atoms with E-state index in [9.17, 15) is 4.79 Å². The third kappa shape index (κ3) is 6.78. The molecule has 8 nitrogen and oxygen atoms in total. The molecule has 6 rings (SSSR count). The number of carbonyl (C=O) groups excluding carboxylic acids is 1. The van der Waals surface area contributed by atoms with Gasteiger partial charge in [0.25, 0.3) is 0 Å². The zero-order chi connectivity index (χ0) is 28.0. The van der Waals surface area contributed by atoms with Gasteiger partial charge in [0.1, 0.15) is 12.7 Å². The molecule has 0 saturated carbocycles. The molecular formula is C32H36ClN7O. The molecule has 1 amide bonds. The van der Waals surface area contributed by atoms with Crippen molar-refractivity contribution >= 4 is 23.2 Å². The highest BCUT2D eigenvalue weighted by Gasteiger charge is 2.29. The van der Waals surface area contributed by atoms with Crippen molar-refractivity contribution in [1.29, 1.82) is 0 Å². The monoisotopic (exact) mass is 569 g/mol. The van der Waals surface area contributed by atoms with E-state index < -0.39 is 0 Å². The zero-order valence-electron chi connectivity index (χ0n) is 23.1. The van der Waals surface area contributed by atoms with Gasteiger partial charge in [0.2, 0.25) is 5.91 Å². The normalized spacial score (nSPS) is 17.7. The smallest absolute Gasteiger partial charge is 0.240 e. The lowest BCUT2D eigenvalue weighted by atomic mass is 9.95. The summed E-state index contributed by atoms with van der Waals surface area (Å²) in [6, 6.07) is 24.8. The number of fused-ring (bicyclic) bond motifs is 1. The van der Waals surface area contributed by atoms with Gasteiger partial charge in [-0.05, 0) is 53.3 Å². The molecule has 1 saturated heterocycles. The van der Waals surface area contributed by atoms with Crippen molar-refractivity contribution in [3.63, 3.8) is 0 Å². The van der Waals surface area contributed by atoms with Crippen LogP contribution in [0.15, 0.2) is 85.5 Å². The van der Waals surface area contributed by atoms with E-state index in [1.807, 2.05) is 33.8 Å². The first kappa shape index (κ1) is 27.4. The highest BCUT2D eigenvalue weighted by Crippen LogP contribution is 2.23.